The molecule has 0 aliphatic rings. The van der Waals surface area contributed by atoms with Crippen molar-refractivity contribution in [2.75, 3.05) is 12.9 Å². The Morgan fingerprint density at radius 2 is 2.33 bits per heavy atom. The second-order valence-corrected chi connectivity index (χ2v) is 4.87. The lowest BCUT2D eigenvalue weighted by molar-refractivity contribution is -0.109. The maximum atomic E-state index is 10.7. The third kappa shape index (κ3) is 4.64. The van der Waals surface area contributed by atoms with E-state index in [0.29, 0.717) is 5.56 Å². The first-order valence-electron chi connectivity index (χ1n) is 5.55. The van der Waals surface area contributed by atoms with Gasteiger partial charge in [-0.3, -0.25) is 4.79 Å². The molecular weight excluding hydrogens is 246 g/mol. The summed E-state index contributed by atoms with van der Waals surface area (Å²) < 4.78 is 5.12. The Kier molecular flexibility index (Phi) is 6.03. The number of nitriles is 1. The van der Waals surface area contributed by atoms with Crippen LogP contribution >= 0.6 is 11.8 Å². The first kappa shape index (κ1) is 14.3. The molecule has 1 rings (SSSR count). The van der Waals surface area contributed by atoms with E-state index in [2.05, 4.69) is 6.07 Å². The number of allylic oxidation sites excluding steroid dienone is 1. The Labute approximate surface area is 111 Å². The predicted octanol–water partition coefficient (Wildman–Crippen LogP) is 3.25. The molecule has 0 unspecified atom stereocenters. The number of ether oxygens (including phenoxy) is 1. The van der Waals surface area contributed by atoms with Crippen LogP contribution in [0.15, 0.2) is 24.3 Å². The highest BCUT2D eigenvalue weighted by Crippen LogP contribution is 2.18. The van der Waals surface area contributed by atoms with Crippen LogP contribution in [0.2, 0.25) is 0 Å². The predicted molar refractivity (Wildman–Crippen MR) is 74.5 cm³/mol. The number of carbonyl (C=O) groups is 1. The van der Waals surface area contributed by atoms with Crippen LogP contribution in [0.3, 0.4) is 0 Å². The summed E-state index contributed by atoms with van der Waals surface area (Å²) in [5.41, 5.74) is 1.45. The van der Waals surface area contributed by atoms with Crippen LogP contribution < -0.4 is 4.74 Å². The van der Waals surface area contributed by atoms with E-state index in [1.165, 1.54) is 11.8 Å². The molecule has 94 valence electrons. The lowest BCUT2D eigenvalue weighted by Crippen LogP contribution is -1.87. The first-order valence-corrected chi connectivity index (χ1v) is 6.54. The molecule has 1 aromatic carbocycles. The van der Waals surface area contributed by atoms with Crippen LogP contribution in [-0.2, 0) is 4.79 Å². The SMILES string of the molecule is COc1ccc(C#N)c(C=CCCSC(C)=O)c1. The van der Waals surface area contributed by atoms with Crippen molar-refractivity contribution in [1.29, 1.82) is 5.26 Å². The molecule has 0 heterocycles. The van der Waals surface area contributed by atoms with Gasteiger partial charge in [0.2, 0.25) is 0 Å². The van der Waals surface area contributed by atoms with Gasteiger partial charge in [-0.1, -0.05) is 23.9 Å². The van der Waals surface area contributed by atoms with Gasteiger partial charge in [0.1, 0.15) is 5.75 Å². The number of hydrogen-bond donors (Lipinski definition) is 0. The van der Waals surface area contributed by atoms with Gasteiger partial charge in [0.25, 0.3) is 0 Å². The van der Waals surface area contributed by atoms with E-state index in [-0.39, 0.29) is 5.12 Å². The Bertz CT molecular complexity index is 489. The van der Waals surface area contributed by atoms with Crippen molar-refractivity contribution in [3.05, 3.63) is 35.4 Å². The molecule has 0 saturated carbocycles. The maximum absolute atomic E-state index is 10.7. The van der Waals surface area contributed by atoms with Crippen molar-refractivity contribution in [3.63, 3.8) is 0 Å². The molecule has 0 atom stereocenters. The lowest BCUT2D eigenvalue weighted by Gasteiger charge is -2.02. The van der Waals surface area contributed by atoms with Crippen molar-refractivity contribution >= 4 is 23.0 Å². The zero-order valence-corrected chi connectivity index (χ0v) is 11.3. The Hall–Kier alpha value is -1.73. The molecular formula is C14H15NO2S. The van der Waals surface area contributed by atoms with Crippen molar-refractivity contribution in [3.8, 4) is 11.8 Å². The maximum Gasteiger partial charge on any atom is 0.185 e. The van der Waals surface area contributed by atoms with E-state index < -0.39 is 0 Å². The molecule has 0 saturated heterocycles. The quantitative estimate of drug-likeness (QED) is 0.763. The minimum atomic E-state index is 0.127. The highest BCUT2D eigenvalue weighted by Gasteiger charge is 2.00. The highest BCUT2D eigenvalue weighted by molar-refractivity contribution is 8.13. The third-order valence-electron chi connectivity index (χ3n) is 2.27. The van der Waals surface area contributed by atoms with Crippen LogP contribution in [0.4, 0.5) is 0 Å². The summed E-state index contributed by atoms with van der Waals surface area (Å²) in [7, 11) is 1.60. The minimum absolute atomic E-state index is 0.127. The fourth-order valence-electron chi connectivity index (χ4n) is 1.39. The summed E-state index contributed by atoms with van der Waals surface area (Å²) in [4.78, 5) is 10.7. The van der Waals surface area contributed by atoms with E-state index in [9.17, 15) is 4.79 Å². The summed E-state index contributed by atoms with van der Waals surface area (Å²) in [5.74, 6) is 1.49. The monoisotopic (exact) mass is 261 g/mol. The van der Waals surface area contributed by atoms with Gasteiger partial charge in [0, 0.05) is 12.7 Å². The Balaban J connectivity index is 2.67. The summed E-state index contributed by atoms with van der Waals surface area (Å²) in [6.45, 7) is 1.56. The van der Waals surface area contributed by atoms with Crippen LogP contribution in [-0.4, -0.2) is 18.0 Å². The fourth-order valence-corrected chi connectivity index (χ4v) is 1.93. The molecule has 18 heavy (non-hydrogen) atoms. The van der Waals surface area contributed by atoms with E-state index >= 15 is 0 Å². The van der Waals surface area contributed by atoms with Gasteiger partial charge in [0.05, 0.1) is 18.7 Å². The zero-order chi connectivity index (χ0) is 13.4. The molecule has 0 aliphatic carbocycles. The molecule has 4 heteroatoms. The molecule has 0 aliphatic heterocycles. The minimum Gasteiger partial charge on any atom is -0.497 e. The number of rotatable bonds is 5. The standard InChI is InChI=1S/C14H15NO2S/c1-11(16)18-8-4-3-5-12-9-14(17-2)7-6-13(12)10-15/h3,5-7,9H,4,8H2,1-2H3. The second kappa shape index (κ2) is 7.57. The molecule has 0 radical (unpaired) electrons. The van der Waals surface area contributed by atoms with Gasteiger partial charge in [-0.25, -0.2) is 0 Å². The average Bonchev–Trinajstić information content (AvgIpc) is 2.37. The number of hydrogen-bond acceptors (Lipinski definition) is 4. The van der Waals surface area contributed by atoms with Crippen LogP contribution in [0, 0.1) is 11.3 Å². The van der Waals surface area contributed by atoms with Crippen LogP contribution in [0.5, 0.6) is 5.75 Å². The summed E-state index contributed by atoms with van der Waals surface area (Å²) >= 11 is 1.30. The van der Waals surface area contributed by atoms with Gasteiger partial charge >= 0.3 is 0 Å². The molecule has 0 N–H and O–H groups in total. The number of carbonyl (C=O) groups excluding carboxylic acids is 1. The fraction of sp³-hybridized carbons (Fsp3) is 0.286. The van der Waals surface area contributed by atoms with E-state index in [4.69, 9.17) is 10.00 Å². The van der Waals surface area contributed by atoms with Gasteiger partial charge in [-0.2, -0.15) is 5.26 Å². The number of nitrogens with zero attached hydrogens (tertiary/aromatic N) is 1. The van der Waals surface area contributed by atoms with Crippen LogP contribution in [0.1, 0.15) is 24.5 Å². The third-order valence-corrected chi connectivity index (χ3v) is 3.11. The molecule has 0 bridgehead atoms. The molecule has 1 aromatic rings. The summed E-state index contributed by atoms with van der Waals surface area (Å²) in [6, 6.07) is 7.47. The Morgan fingerprint density at radius 1 is 1.56 bits per heavy atom. The normalized spacial score (nSPS) is 10.3. The van der Waals surface area contributed by atoms with E-state index in [0.717, 1.165) is 23.5 Å². The van der Waals surface area contributed by atoms with Crippen molar-refractivity contribution in [2.24, 2.45) is 0 Å². The lowest BCUT2D eigenvalue weighted by atomic mass is 10.1. The molecule has 0 fully saturated rings. The molecule has 0 spiro atoms. The average molecular weight is 261 g/mol. The highest BCUT2D eigenvalue weighted by atomic mass is 32.2. The van der Waals surface area contributed by atoms with E-state index in [1.807, 2.05) is 18.2 Å². The summed E-state index contributed by atoms with van der Waals surface area (Å²) in [5, 5.41) is 9.11. The first-order chi connectivity index (χ1) is 8.67. The van der Waals surface area contributed by atoms with Crippen molar-refractivity contribution in [1.82, 2.24) is 0 Å². The second-order valence-electron chi connectivity index (χ2n) is 3.60. The van der Waals surface area contributed by atoms with Gasteiger partial charge in [-0.15, -0.1) is 0 Å². The zero-order valence-electron chi connectivity index (χ0n) is 10.5. The van der Waals surface area contributed by atoms with Gasteiger partial charge in [-0.05, 0) is 30.2 Å². The number of benzene rings is 1. The van der Waals surface area contributed by atoms with E-state index in [1.54, 1.807) is 26.2 Å². The number of thioether (sulfide) groups is 1. The van der Waals surface area contributed by atoms with Crippen molar-refractivity contribution < 1.29 is 9.53 Å². The number of methoxy groups -OCH3 is 1. The molecule has 0 aromatic heterocycles. The smallest absolute Gasteiger partial charge is 0.185 e. The van der Waals surface area contributed by atoms with Gasteiger partial charge in [0.15, 0.2) is 5.12 Å². The molecule has 0 amide bonds. The largest absolute Gasteiger partial charge is 0.497 e. The molecule has 3 nitrogen and oxygen atoms in total. The van der Waals surface area contributed by atoms with Crippen LogP contribution in [0.25, 0.3) is 6.08 Å². The summed E-state index contributed by atoms with van der Waals surface area (Å²) in [6.07, 6.45) is 4.65. The van der Waals surface area contributed by atoms with Gasteiger partial charge < -0.3 is 4.74 Å². The van der Waals surface area contributed by atoms with Crippen molar-refractivity contribution in [2.45, 2.75) is 13.3 Å². The topological polar surface area (TPSA) is 50.1 Å². The Morgan fingerprint density at radius 3 is 2.94 bits per heavy atom.